The van der Waals surface area contributed by atoms with E-state index in [-0.39, 0.29) is 24.0 Å². The SMILES string of the molecule is CCC(=O)OCc1c(C)ncc(F)c1Cl. The Hall–Kier alpha value is -1.16. The number of hydrogen-bond acceptors (Lipinski definition) is 3. The fourth-order valence-corrected chi connectivity index (χ4v) is 1.25. The lowest BCUT2D eigenvalue weighted by Gasteiger charge is -2.08. The fourth-order valence-electron chi connectivity index (χ4n) is 1.01. The molecule has 1 aromatic heterocycles. The second-order valence-corrected chi connectivity index (χ2v) is 3.38. The molecule has 5 heteroatoms. The molecule has 0 amide bonds. The van der Waals surface area contributed by atoms with E-state index < -0.39 is 5.82 Å². The van der Waals surface area contributed by atoms with Crippen molar-refractivity contribution in [1.29, 1.82) is 0 Å². The Bertz CT molecular complexity index is 382. The van der Waals surface area contributed by atoms with E-state index in [2.05, 4.69) is 4.98 Å². The van der Waals surface area contributed by atoms with Gasteiger partial charge >= 0.3 is 5.97 Å². The lowest BCUT2D eigenvalue weighted by Crippen LogP contribution is -2.05. The maximum Gasteiger partial charge on any atom is 0.305 e. The van der Waals surface area contributed by atoms with Crippen molar-refractivity contribution in [1.82, 2.24) is 4.98 Å². The number of esters is 1. The summed E-state index contributed by atoms with van der Waals surface area (Å²) in [4.78, 5) is 14.7. The minimum atomic E-state index is -0.607. The third-order valence-electron chi connectivity index (χ3n) is 1.95. The van der Waals surface area contributed by atoms with E-state index in [9.17, 15) is 9.18 Å². The molecule has 0 N–H and O–H groups in total. The van der Waals surface area contributed by atoms with Gasteiger partial charge in [-0.3, -0.25) is 9.78 Å². The maximum absolute atomic E-state index is 13.0. The van der Waals surface area contributed by atoms with E-state index in [1.165, 1.54) is 0 Å². The highest BCUT2D eigenvalue weighted by Gasteiger charge is 2.12. The van der Waals surface area contributed by atoms with Crippen LogP contribution in [-0.4, -0.2) is 11.0 Å². The van der Waals surface area contributed by atoms with Crippen LogP contribution in [0.5, 0.6) is 0 Å². The van der Waals surface area contributed by atoms with Gasteiger partial charge in [0.2, 0.25) is 0 Å². The first kappa shape index (κ1) is 11.9. The van der Waals surface area contributed by atoms with Crippen LogP contribution < -0.4 is 0 Å². The topological polar surface area (TPSA) is 39.2 Å². The van der Waals surface area contributed by atoms with Gasteiger partial charge in [0.05, 0.1) is 11.2 Å². The molecule has 0 aliphatic rings. The molecule has 0 radical (unpaired) electrons. The largest absolute Gasteiger partial charge is 0.461 e. The molecule has 0 atom stereocenters. The zero-order chi connectivity index (χ0) is 11.4. The molecular formula is C10H11ClFNO2. The zero-order valence-electron chi connectivity index (χ0n) is 8.51. The van der Waals surface area contributed by atoms with E-state index in [0.29, 0.717) is 11.3 Å². The molecule has 82 valence electrons. The zero-order valence-corrected chi connectivity index (χ0v) is 9.27. The van der Waals surface area contributed by atoms with Crippen molar-refractivity contribution in [3.63, 3.8) is 0 Å². The maximum atomic E-state index is 13.0. The van der Waals surface area contributed by atoms with Crippen molar-refractivity contribution in [3.8, 4) is 0 Å². The van der Waals surface area contributed by atoms with Crippen LogP contribution in [0, 0.1) is 12.7 Å². The monoisotopic (exact) mass is 231 g/mol. The number of halogens is 2. The third-order valence-corrected chi connectivity index (χ3v) is 2.36. The summed E-state index contributed by atoms with van der Waals surface area (Å²) < 4.78 is 17.9. The van der Waals surface area contributed by atoms with Gasteiger partial charge in [0.25, 0.3) is 0 Å². The van der Waals surface area contributed by atoms with Gasteiger partial charge in [0.1, 0.15) is 6.61 Å². The number of hydrogen-bond donors (Lipinski definition) is 0. The van der Waals surface area contributed by atoms with Gasteiger partial charge in [-0.25, -0.2) is 4.39 Å². The lowest BCUT2D eigenvalue weighted by molar-refractivity contribution is -0.144. The summed E-state index contributed by atoms with van der Waals surface area (Å²) in [5.41, 5.74) is 0.976. The van der Waals surface area contributed by atoms with E-state index in [1.54, 1.807) is 13.8 Å². The summed E-state index contributed by atoms with van der Waals surface area (Å²) >= 11 is 5.72. The standard InChI is InChI=1S/C10H11ClFNO2/c1-3-9(14)15-5-7-6(2)13-4-8(12)10(7)11/h4H,3,5H2,1-2H3. The van der Waals surface area contributed by atoms with Crippen molar-refractivity contribution in [2.75, 3.05) is 0 Å². The molecule has 0 unspecified atom stereocenters. The molecule has 1 heterocycles. The summed E-state index contributed by atoms with van der Waals surface area (Å²) in [5.74, 6) is -0.959. The Morgan fingerprint density at radius 1 is 1.67 bits per heavy atom. The molecule has 0 aromatic carbocycles. The molecule has 0 saturated heterocycles. The molecule has 0 fully saturated rings. The minimum Gasteiger partial charge on any atom is -0.461 e. The second kappa shape index (κ2) is 5.07. The fraction of sp³-hybridized carbons (Fsp3) is 0.400. The Labute approximate surface area is 92.2 Å². The number of carbonyl (C=O) groups is 1. The first-order chi connectivity index (χ1) is 7.06. The lowest BCUT2D eigenvalue weighted by atomic mass is 10.2. The van der Waals surface area contributed by atoms with E-state index >= 15 is 0 Å². The van der Waals surface area contributed by atoms with Crippen LogP contribution in [-0.2, 0) is 16.1 Å². The molecule has 15 heavy (non-hydrogen) atoms. The average Bonchev–Trinajstić information content (AvgIpc) is 2.23. The highest BCUT2D eigenvalue weighted by molar-refractivity contribution is 6.31. The van der Waals surface area contributed by atoms with E-state index in [1.807, 2.05) is 0 Å². The van der Waals surface area contributed by atoms with Crippen molar-refractivity contribution in [2.45, 2.75) is 26.9 Å². The van der Waals surface area contributed by atoms with E-state index in [4.69, 9.17) is 16.3 Å². The number of aryl methyl sites for hydroxylation is 1. The minimum absolute atomic E-state index is 0.0357. The van der Waals surface area contributed by atoms with Crippen LogP contribution in [0.4, 0.5) is 4.39 Å². The van der Waals surface area contributed by atoms with E-state index in [0.717, 1.165) is 6.20 Å². The summed E-state index contributed by atoms with van der Waals surface area (Å²) in [6, 6.07) is 0. The Balaban J connectivity index is 2.84. The normalized spacial score (nSPS) is 10.1. The first-order valence-corrected chi connectivity index (χ1v) is 4.89. The highest BCUT2D eigenvalue weighted by atomic mass is 35.5. The van der Waals surface area contributed by atoms with Crippen LogP contribution in [0.3, 0.4) is 0 Å². The predicted octanol–water partition coefficient (Wildman–Crippen LogP) is 2.64. The van der Waals surface area contributed by atoms with Crippen LogP contribution in [0.15, 0.2) is 6.20 Å². The average molecular weight is 232 g/mol. The van der Waals surface area contributed by atoms with Crippen molar-refractivity contribution >= 4 is 17.6 Å². The highest BCUT2D eigenvalue weighted by Crippen LogP contribution is 2.22. The van der Waals surface area contributed by atoms with Gasteiger partial charge in [0, 0.05) is 17.7 Å². The summed E-state index contributed by atoms with van der Waals surface area (Å²) in [6.07, 6.45) is 1.32. The third kappa shape index (κ3) is 2.89. The van der Waals surface area contributed by atoms with Gasteiger partial charge in [-0.1, -0.05) is 18.5 Å². The van der Waals surface area contributed by atoms with Crippen LogP contribution in [0.2, 0.25) is 5.02 Å². The molecule has 0 spiro atoms. The van der Waals surface area contributed by atoms with Crippen molar-refractivity contribution < 1.29 is 13.9 Å². The second-order valence-electron chi connectivity index (χ2n) is 3.00. The first-order valence-electron chi connectivity index (χ1n) is 4.51. The van der Waals surface area contributed by atoms with Gasteiger partial charge in [-0.15, -0.1) is 0 Å². The molecule has 1 aromatic rings. The molecule has 0 bridgehead atoms. The Morgan fingerprint density at radius 3 is 2.93 bits per heavy atom. The summed E-state index contributed by atoms with van der Waals surface area (Å²) in [5, 5.41) is -0.0357. The van der Waals surface area contributed by atoms with Gasteiger partial charge in [-0.2, -0.15) is 0 Å². The van der Waals surface area contributed by atoms with Gasteiger partial charge in [-0.05, 0) is 6.92 Å². The number of rotatable bonds is 3. The number of nitrogens with zero attached hydrogens (tertiary/aromatic N) is 1. The van der Waals surface area contributed by atoms with Crippen LogP contribution in [0.25, 0.3) is 0 Å². The Morgan fingerprint density at radius 2 is 2.33 bits per heavy atom. The summed E-state index contributed by atoms with van der Waals surface area (Å²) in [6.45, 7) is 3.32. The number of aromatic nitrogens is 1. The van der Waals surface area contributed by atoms with Gasteiger partial charge < -0.3 is 4.74 Å². The van der Waals surface area contributed by atoms with Crippen molar-refractivity contribution in [3.05, 3.63) is 28.3 Å². The molecule has 3 nitrogen and oxygen atoms in total. The van der Waals surface area contributed by atoms with Crippen LogP contribution >= 0.6 is 11.6 Å². The molecule has 0 saturated carbocycles. The molecular weight excluding hydrogens is 221 g/mol. The number of carbonyl (C=O) groups excluding carboxylic acids is 1. The van der Waals surface area contributed by atoms with Gasteiger partial charge in [0.15, 0.2) is 5.82 Å². The number of ether oxygens (including phenoxy) is 1. The smallest absolute Gasteiger partial charge is 0.305 e. The molecule has 1 rings (SSSR count). The van der Waals surface area contributed by atoms with Crippen LogP contribution in [0.1, 0.15) is 24.6 Å². The predicted molar refractivity (Wildman–Crippen MR) is 54.0 cm³/mol. The quantitative estimate of drug-likeness (QED) is 0.751. The molecule has 0 aliphatic carbocycles. The number of pyridine rings is 1. The van der Waals surface area contributed by atoms with Crippen molar-refractivity contribution in [2.24, 2.45) is 0 Å². The Kier molecular flexibility index (Phi) is 4.03. The molecule has 0 aliphatic heterocycles. The summed E-state index contributed by atoms with van der Waals surface area (Å²) in [7, 11) is 0.